The molecule has 4 aromatic rings. The van der Waals surface area contributed by atoms with Crippen LogP contribution in [0.15, 0.2) is 75.6 Å². The van der Waals surface area contributed by atoms with Crippen LogP contribution >= 0.6 is 0 Å². The molecule has 0 radical (unpaired) electrons. The van der Waals surface area contributed by atoms with Crippen molar-refractivity contribution >= 4 is 9.84 Å². The van der Waals surface area contributed by atoms with Crippen molar-refractivity contribution < 1.29 is 13.5 Å². The molecule has 10 heteroatoms. The Morgan fingerprint density at radius 1 is 1.10 bits per heavy atom. The molecule has 200 valence electrons. The number of pyridine rings is 2. The SMILES string of the molecule is CCCCc1nc(O)c(S(=O)(=O)c2ccc(-c3cccnc3C)cn2)c(=O)n1[C@@H](CC)c1cccc(C#N)c1. The Hall–Kier alpha value is -4.36. The zero-order chi connectivity index (χ0) is 28.2. The molecule has 0 fully saturated rings. The zero-order valence-corrected chi connectivity index (χ0v) is 22.8. The Morgan fingerprint density at radius 2 is 1.90 bits per heavy atom. The maximum atomic E-state index is 13.9. The van der Waals surface area contributed by atoms with Gasteiger partial charge >= 0.3 is 0 Å². The molecule has 0 unspecified atom stereocenters. The van der Waals surface area contributed by atoms with Gasteiger partial charge in [-0.15, -0.1) is 0 Å². The highest BCUT2D eigenvalue weighted by atomic mass is 32.2. The first-order chi connectivity index (χ1) is 18.7. The van der Waals surface area contributed by atoms with Gasteiger partial charge in [0.15, 0.2) is 5.03 Å². The molecule has 0 aliphatic heterocycles. The van der Waals surface area contributed by atoms with E-state index in [0.717, 1.165) is 17.7 Å². The van der Waals surface area contributed by atoms with Crippen molar-refractivity contribution in [1.82, 2.24) is 19.5 Å². The predicted octanol–water partition coefficient (Wildman–Crippen LogP) is 4.76. The molecular formula is C29H29N5O4S. The van der Waals surface area contributed by atoms with Crippen LogP contribution < -0.4 is 5.56 Å². The van der Waals surface area contributed by atoms with Crippen LogP contribution in [0.3, 0.4) is 0 Å². The fraction of sp³-hybridized carbons (Fsp3) is 0.276. The Bertz CT molecular complexity index is 1710. The first-order valence-corrected chi connectivity index (χ1v) is 14.2. The number of aromatic hydroxyl groups is 1. The predicted molar refractivity (Wildman–Crippen MR) is 146 cm³/mol. The third-order valence-corrected chi connectivity index (χ3v) is 8.27. The number of sulfone groups is 1. The van der Waals surface area contributed by atoms with Gasteiger partial charge in [0, 0.05) is 35.6 Å². The number of unbranched alkanes of at least 4 members (excludes halogenated alkanes) is 1. The standard InChI is InChI=1S/C29H29N5O4S/c1-4-6-12-25-33-28(35)27(29(36)34(25)24(5-2)21-10-7-9-20(16-21)17-30)39(37,38)26-14-13-22(18-32-26)23-11-8-15-31-19(23)3/h7-11,13-16,18,24,35H,4-6,12H2,1-3H3/t24-/m0/s1. The summed E-state index contributed by atoms with van der Waals surface area (Å²) in [5, 5.41) is 19.8. The summed E-state index contributed by atoms with van der Waals surface area (Å²) in [7, 11) is -4.53. The van der Waals surface area contributed by atoms with Crippen LogP contribution in [-0.4, -0.2) is 33.0 Å². The molecular weight excluding hydrogens is 514 g/mol. The van der Waals surface area contributed by atoms with Crippen molar-refractivity contribution in [2.45, 2.75) is 62.4 Å². The highest BCUT2D eigenvalue weighted by Crippen LogP contribution is 2.29. The van der Waals surface area contributed by atoms with Gasteiger partial charge in [0.25, 0.3) is 5.56 Å². The Kier molecular flexibility index (Phi) is 8.21. The minimum Gasteiger partial charge on any atom is -0.492 e. The van der Waals surface area contributed by atoms with Crippen LogP contribution in [0.4, 0.5) is 0 Å². The van der Waals surface area contributed by atoms with E-state index in [4.69, 9.17) is 0 Å². The Morgan fingerprint density at radius 3 is 2.54 bits per heavy atom. The molecule has 1 aromatic carbocycles. The lowest BCUT2D eigenvalue weighted by Gasteiger charge is -2.23. The van der Waals surface area contributed by atoms with Crippen molar-refractivity contribution in [3.05, 3.63) is 93.9 Å². The third-order valence-electron chi connectivity index (χ3n) is 6.58. The van der Waals surface area contributed by atoms with E-state index in [1.807, 2.05) is 26.8 Å². The van der Waals surface area contributed by atoms with Crippen LogP contribution in [-0.2, 0) is 16.3 Å². The summed E-state index contributed by atoms with van der Waals surface area (Å²) in [6.07, 6.45) is 5.35. The summed E-state index contributed by atoms with van der Waals surface area (Å²) in [6.45, 7) is 5.68. The smallest absolute Gasteiger partial charge is 0.277 e. The molecule has 0 saturated heterocycles. The summed E-state index contributed by atoms with van der Waals surface area (Å²) in [5.74, 6) is -0.570. The first-order valence-electron chi connectivity index (χ1n) is 12.7. The molecule has 1 N–H and O–H groups in total. The van der Waals surface area contributed by atoms with Crippen LogP contribution in [0, 0.1) is 18.3 Å². The van der Waals surface area contributed by atoms with E-state index in [1.165, 1.54) is 16.8 Å². The molecule has 1 atom stereocenters. The van der Waals surface area contributed by atoms with E-state index in [0.29, 0.717) is 36.0 Å². The third kappa shape index (κ3) is 5.45. The lowest BCUT2D eigenvalue weighted by atomic mass is 10.0. The average Bonchev–Trinajstić information content (AvgIpc) is 2.94. The normalized spacial score (nSPS) is 12.2. The summed E-state index contributed by atoms with van der Waals surface area (Å²) < 4.78 is 28.7. The van der Waals surface area contributed by atoms with Crippen molar-refractivity contribution in [3.8, 4) is 23.1 Å². The molecule has 3 heterocycles. The topological polar surface area (TPSA) is 139 Å². The van der Waals surface area contributed by atoms with E-state index >= 15 is 0 Å². The maximum absolute atomic E-state index is 13.9. The van der Waals surface area contributed by atoms with E-state index in [1.54, 1.807) is 42.6 Å². The summed E-state index contributed by atoms with van der Waals surface area (Å²) in [6, 6.07) is 14.8. The van der Waals surface area contributed by atoms with Gasteiger partial charge in [-0.05, 0) is 55.7 Å². The molecule has 39 heavy (non-hydrogen) atoms. The van der Waals surface area contributed by atoms with Crippen molar-refractivity contribution in [3.63, 3.8) is 0 Å². The quantitative estimate of drug-likeness (QED) is 0.319. The summed E-state index contributed by atoms with van der Waals surface area (Å²) >= 11 is 0. The van der Waals surface area contributed by atoms with Gasteiger partial charge in [0.05, 0.1) is 17.7 Å². The molecule has 4 rings (SSSR count). The highest BCUT2D eigenvalue weighted by Gasteiger charge is 2.32. The largest absolute Gasteiger partial charge is 0.492 e. The van der Waals surface area contributed by atoms with Gasteiger partial charge in [-0.3, -0.25) is 14.3 Å². The van der Waals surface area contributed by atoms with Gasteiger partial charge in [0.1, 0.15) is 5.82 Å². The summed E-state index contributed by atoms with van der Waals surface area (Å²) in [4.78, 5) is 25.7. The van der Waals surface area contributed by atoms with Gasteiger partial charge in [-0.25, -0.2) is 13.4 Å². The van der Waals surface area contributed by atoms with E-state index in [9.17, 15) is 23.6 Å². The summed E-state index contributed by atoms with van der Waals surface area (Å²) in [5.41, 5.74) is 2.43. The number of nitrogens with zero attached hydrogens (tertiary/aromatic N) is 5. The minimum absolute atomic E-state index is 0.280. The molecule has 9 nitrogen and oxygen atoms in total. The van der Waals surface area contributed by atoms with Crippen LogP contribution in [0.5, 0.6) is 5.88 Å². The molecule has 0 amide bonds. The fourth-order valence-corrected chi connectivity index (χ4v) is 5.85. The second kappa shape index (κ2) is 11.6. The number of benzene rings is 1. The van der Waals surface area contributed by atoms with Crippen molar-refractivity contribution in [1.29, 1.82) is 5.26 Å². The minimum atomic E-state index is -4.53. The number of hydrogen-bond acceptors (Lipinski definition) is 8. The maximum Gasteiger partial charge on any atom is 0.277 e. The van der Waals surface area contributed by atoms with E-state index in [2.05, 4.69) is 21.0 Å². The van der Waals surface area contributed by atoms with Gasteiger partial charge < -0.3 is 5.11 Å². The first kappa shape index (κ1) is 27.7. The van der Waals surface area contributed by atoms with Gasteiger partial charge in [-0.2, -0.15) is 10.2 Å². The monoisotopic (exact) mass is 543 g/mol. The number of aromatic nitrogens is 4. The lowest BCUT2D eigenvalue weighted by Crippen LogP contribution is -2.33. The lowest BCUT2D eigenvalue weighted by molar-refractivity contribution is 0.406. The average molecular weight is 544 g/mol. The van der Waals surface area contributed by atoms with Gasteiger partial charge in [0.2, 0.25) is 20.6 Å². The van der Waals surface area contributed by atoms with E-state index in [-0.39, 0.29) is 10.9 Å². The Balaban J connectivity index is 1.88. The fourth-order valence-electron chi connectivity index (χ4n) is 4.59. The number of rotatable bonds is 9. The van der Waals surface area contributed by atoms with Gasteiger partial charge in [-0.1, -0.05) is 38.5 Å². The zero-order valence-electron chi connectivity index (χ0n) is 22.0. The second-order valence-corrected chi connectivity index (χ2v) is 11.0. The molecule has 0 bridgehead atoms. The molecule has 0 saturated carbocycles. The number of aryl methyl sites for hydroxylation is 2. The second-order valence-electron chi connectivity index (χ2n) is 9.15. The van der Waals surface area contributed by atoms with Crippen LogP contribution in [0.25, 0.3) is 11.1 Å². The number of hydrogen-bond donors (Lipinski definition) is 1. The highest BCUT2D eigenvalue weighted by molar-refractivity contribution is 7.91. The van der Waals surface area contributed by atoms with Crippen molar-refractivity contribution in [2.24, 2.45) is 0 Å². The van der Waals surface area contributed by atoms with E-state index < -0.39 is 32.2 Å². The van der Waals surface area contributed by atoms with Crippen molar-refractivity contribution in [2.75, 3.05) is 0 Å². The molecule has 0 spiro atoms. The molecule has 3 aromatic heterocycles. The molecule has 0 aliphatic carbocycles. The number of nitriles is 1. The van der Waals surface area contributed by atoms with Crippen LogP contribution in [0.2, 0.25) is 0 Å². The van der Waals surface area contributed by atoms with Crippen LogP contribution in [0.1, 0.15) is 61.8 Å². The molecule has 0 aliphatic rings. The Labute approximate surface area is 227 Å².